The Hall–Kier alpha value is -1.66. The van der Waals surface area contributed by atoms with Gasteiger partial charge in [-0.1, -0.05) is 13.3 Å². The third-order valence-corrected chi connectivity index (χ3v) is 3.87. The van der Waals surface area contributed by atoms with Crippen LogP contribution >= 0.6 is 0 Å². The summed E-state index contributed by atoms with van der Waals surface area (Å²) in [6.45, 7) is 2.08. The van der Waals surface area contributed by atoms with Gasteiger partial charge in [0.1, 0.15) is 5.82 Å². The van der Waals surface area contributed by atoms with Crippen LogP contribution in [-0.2, 0) is 11.2 Å². The lowest BCUT2D eigenvalue weighted by atomic mass is 10.1. The summed E-state index contributed by atoms with van der Waals surface area (Å²) in [4.78, 5) is 16.8. The zero-order chi connectivity index (χ0) is 15.2. The van der Waals surface area contributed by atoms with Gasteiger partial charge in [0, 0.05) is 18.4 Å². The van der Waals surface area contributed by atoms with Gasteiger partial charge in [-0.05, 0) is 37.8 Å². The van der Waals surface area contributed by atoms with Gasteiger partial charge in [-0.25, -0.2) is 10.8 Å². The van der Waals surface area contributed by atoms with Crippen molar-refractivity contribution in [3.8, 4) is 0 Å². The first kappa shape index (κ1) is 15.7. The number of methoxy groups -OCH3 is 1. The Morgan fingerprint density at radius 2 is 2.29 bits per heavy atom. The Labute approximate surface area is 125 Å². The van der Waals surface area contributed by atoms with Crippen LogP contribution in [0.5, 0.6) is 0 Å². The summed E-state index contributed by atoms with van der Waals surface area (Å²) < 4.78 is 5.41. The third kappa shape index (κ3) is 3.92. The fraction of sp³-hybridized carbons (Fsp3) is 0.600. The number of ether oxygens (including phenoxy) is 1. The monoisotopic (exact) mass is 292 g/mol. The van der Waals surface area contributed by atoms with Crippen molar-refractivity contribution in [1.82, 2.24) is 10.3 Å². The second-order valence-corrected chi connectivity index (χ2v) is 5.41. The lowest BCUT2D eigenvalue weighted by Crippen LogP contribution is -2.40. The molecule has 4 N–H and O–H groups in total. The number of nitrogens with zero attached hydrogens (tertiary/aromatic N) is 1. The van der Waals surface area contributed by atoms with Crippen LogP contribution in [0.1, 0.15) is 48.7 Å². The van der Waals surface area contributed by atoms with Crippen molar-refractivity contribution in [3.05, 3.63) is 23.4 Å². The van der Waals surface area contributed by atoms with Crippen LogP contribution in [0.4, 0.5) is 5.82 Å². The standard InChI is InChI=1S/C15H24N4O2/c1-3-5-11-8-10(9-14(17-11)19-16)15(20)18-12-6-4-7-13(12)21-2/h8-9,12-13H,3-7,16H2,1-2H3,(H,17,19)(H,18,20). The van der Waals surface area contributed by atoms with Gasteiger partial charge in [-0.2, -0.15) is 0 Å². The molecule has 1 aliphatic rings. The molecule has 6 heteroatoms. The maximum Gasteiger partial charge on any atom is 0.251 e. The summed E-state index contributed by atoms with van der Waals surface area (Å²) in [5.74, 6) is 5.84. The summed E-state index contributed by atoms with van der Waals surface area (Å²) in [6, 6.07) is 3.58. The molecule has 1 heterocycles. The van der Waals surface area contributed by atoms with E-state index in [0.29, 0.717) is 11.4 Å². The van der Waals surface area contributed by atoms with E-state index in [0.717, 1.165) is 37.8 Å². The number of hydrogen-bond donors (Lipinski definition) is 3. The number of aryl methyl sites for hydroxylation is 1. The van der Waals surface area contributed by atoms with Gasteiger partial charge in [0.25, 0.3) is 5.91 Å². The Morgan fingerprint density at radius 3 is 2.95 bits per heavy atom. The van der Waals surface area contributed by atoms with Crippen molar-refractivity contribution in [2.75, 3.05) is 12.5 Å². The topological polar surface area (TPSA) is 89.3 Å². The first-order valence-corrected chi connectivity index (χ1v) is 7.49. The number of aromatic nitrogens is 1. The highest BCUT2D eigenvalue weighted by atomic mass is 16.5. The van der Waals surface area contributed by atoms with E-state index in [1.54, 1.807) is 13.2 Å². The molecular formula is C15H24N4O2. The number of hydrogen-bond acceptors (Lipinski definition) is 5. The Morgan fingerprint density at radius 1 is 1.48 bits per heavy atom. The molecule has 1 fully saturated rings. The predicted octanol–water partition coefficient (Wildman–Crippen LogP) is 1.62. The number of carbonyl (C=O) groups is 1. The maximum absolute atomic E-state index is 12.4. The number of amides is 1. The summed E-state index contributed by atoms with van der Waals surface area (Å²) in [7, 11) is 1.69. The van der Waals surface area contributed by atoms with Crippen molar-refractivity contribution in [1.29, 1.82) is 0 Å². The van der Waals surface area contributed by atoms with Gasteiger partial charge in [0.2, 0.25) is 0 Å². The minimum Gasteiger partial charge on any atom is -0.379 e. The normalized spacial score (nSPS) is 21.3. The van der Waals surface area contributed by atoms with Gasteiger partial charge in [-0.3, -0.25) is 4.79 Å². The zero-order valence-corrected chi connectivity index (χ0v) is 12.7. The van der Waals surface area contributed by atoms with Crippen molar-refractivity contribution in [2.24, 2.45) is 5.84 Å². The Bertz CT molecular complexity index is 493. The number of rotatable bonds is 6. The summed E-state index contributed by atoms with van der Waals surface area (Å²) >= 11 is 0. The highest BCUT2D eigenvalue weighted by Crippen LogP contribution is 2.22. The number of anilines is 1. The van der Waals surface area contributed by atoms with Crippen molar-refractivity contribution in [2.45, 2.75) is 51.2 Å². The van der Waals surface area contributed by atoms with Crippen molar-refractivity contribution >= 4 is 11.7 Å². The number of hydrazine groups is 1. The molecule has 1 aromatic rings. The first-order valence-electron chi connectivity index (χ1n) is 7.49. The van der Waals surface area contributed by atoms with Crippen LogP contribution in [0.25, 0.3) is 0 Å². The largest absolute Gasteiger partial charge is 0.379 e. The lowest BCUT2D eigenvalue weighted by molar-refractivity contribution is 0.0722. The molecule has 6 nitrogen and oxygen atoms in total. The van der Waals surface area contributed by atoms with Crippen molar-refractivity contribution < 1.29 is 9.53 Å². The van der Waals surface area contributed by atoms with E-state index in [2.05, 4.69) is 22.7 Å². The van der Waals surface area contributed by atoms with E-state index >= 15 is 0 Å². The molecule has 116 valence electrons. The van der Waals surface area contributed by atoms with Gasteiger partial charge in [0.15, 0.2) is 0 Å². The molecular weight excluding hydrogens is 268 g/mol. The molecule has 0 spiro atoms. The van der Waals surface area contributed by atoms with E-state index in [1.807, 2.05) is 6.07 Å². The molecule has 21 heavy (non-hydrogen) atoms. The van der Waals surface area contributed by atoms with E-state index in [-0.39, 0.29) is 18.1 Å². The second kappa shape index (κ2) is 7.38. The van der Waals surface area contributed by atoms with Gasteiger partial charge in [-0.15, -0.1) is 0 Å². The minimum atomic E-state index is -0.0970. The van der Waals surface area contributed by atoms with Crippen LogP contribution in [0.2, 0.25) is 0 Å². The smallest absolute Gasteiger partial charge is 0.251 e. The number of nitrogens with two attached hydrogens (primary N) is 1. The summed E-state index contributed by atoms with van der Waals surface area (Å²) in [5, 5.41) is 3.06. The first-order chi connectivity index (χ1) is 10.2. The number of pyridine rings is 1. The molecule has 0 aromatic carbocycles. The van der Waals surface area contributed by atoms with Crippen LogP contribution in [-0.4, -0.2) is 30.1 Å². The molecule has 1 aliphatic carbocycles. The number of nitrogens with one attached hydrogen (secondary N) is 2. The average Bonchev–Trinajstić information content (AvgIpc) is 2.94. The highest BCUT2D eigenvalue weighted by Gasteiger charge is 2.28. The van der Waals surface area contributed by atoms with Gasteiger partial charge >= 0.3 is 0 Å². The molecule has 0 bridgehead atoms. The van der Waals surface area contributed by atoms with Crippen LogP contribution < -0.4 is 16.6 Å². The molecule has 0 saturated heterocycles. The SMILES string of the molecule is CCCc1cc(C(=O)NC2CCCC2OC)cc(NN)n1. The van der Waals surface area contributed by atoms with Crippen LogP contribution in [0.3, 0.4) is 0 Å². The third-order valence-electron chi connectivity index (χ3n) is 3.87. The number of nitrogen functional groups attached to an aromatic ring is 1. The van der Waals surface area contributed by atoms with E-state index < -0.39 is 0 Å². The maximum atomic E-state index is 12.4. The molecule has 0 radical (unpaired) electrons. The average molecular weight is 292 g/mol. The molecule has 1 amide bonds. The predicted molar refractivity (Wildman–Crippen MR) is 81.9 cm³/mol. The van der Waals surface area contributed by atoms with E-state index in [4.69, 9.17) is 10.6 Å². The summed E-state index contributed by atoms with van der Waals surface area (Å²) in [5.41, 5.74) is 3.97. The fourth-order valence-electron chi connectivity index (χ4n) is 2.80. The van der Waals surface area contributed by atoms with Gasteiger partial charge in [0.05, 0.1) is 12.1 Å². The Balaban J connectivity index is 2.12. The van der Waals surface area contributed by atoms with E-state index in [1.165, 1.54) is 0 Å². The second-order valence-electron chi connectivity index (χ2n) is 5.41. The Kier molecular flexibility index (Phi) is 5.52. The molecule has 2 rings (SSSR count). The fourth-order valence-corrected chi connectivity index (χ4v) is 2.80. The molecule has 0 aliphatic heterocycles. The van der Waals surface area contributed by atoms with Crippen LogP contribution in [0.15, 0.2) is 12.1 Å². The minimum absolute atomic E-state index is 0.0829. The zero-order valence-electron chi connectivity index (χ0n) is 12.7. The lowest BCUT2D eigenvalue weighted by Gasteiger charge is -2.20. The number of carbonyl (C=O) groups excluding carboxylic acids is 1. The van der Waals surface area contributed by atoms with E-state index in [9.17, 15) is 4.79 Å². The molecule has 2 atom stereocenters. The molecule has 1 aromatic heterocycles. The van der Waals surface area contributed by atoms with Crippen molar-refractivity contribution in [3.63, 3.8) is 0 Å². The summed E-state index contributed by atoms with van der Waals surface area (Å²) in [6.07, 6.45) is 4.93. The molecule has 2 unspecified atom stereocenters. The highest BCUT2D eigenvalue weighted by molar-refractivity contribution is 5.95. The van der Waals surface area contributed by atoms with Gasteiger partial charge < -0.3 is 15.5 Å². The van der Waals surface area contributed by atoms with Crippen LogP contribution in [0, 0.1) is 0 Å². The molecule has 1 saturated carbocycles. The quantitative estimate of drug-likeness (QED) is 0.547.